The number of carbonyl (C=O) groups is 1. The first-order valence-corrected chi connectivity index (χ1v) is 3.66. The van der Waals surface area contributed by atoms with Gasteiger partial charge in [-0.2, -0.15) is 13.2 Å². The van der Waals surface area contributed by atoms with Gasteiger partial charge in [-0.3, -0.25) is 0 Å². The van der Waals surface area contributed by atoms with Crippen LogP contribution in [-0.2, 0) is 6.18 Å². The monoisotopic (exact) mass is 221 g/mol. The third kappa shape index (κ3) is 2.12. The van der Waals surface area contributed by atoms with Gasteiger partial charge in [0.1, 0.15) is 5.56 Å². The van der Waals surface area contributed by atoms with Gasteiger partial charge >= 0.3 is 12.1 Å². The van der Waals surface area contributed by atoms with Crippen molar-refractivity contribution in [3.63, 3.8) is 0 Å². The normalized spacial score (nSPS) is 11.4. The molecule has 0 radical (unpaired) electrons. The molecule has 0 fully saturated rings. The van der Waals surface area contributed by atoms with Crippen molar-refractivity contribution < 1.29 is 28.2 Å². The second-order valence-electron chi connectivity index (χ2n) is 2.76. The number of phenols is 1. The number of carboxylic acid groups (broad SMARTS) is 1. The second kappa shape index (κ2) is 3.34. The van der Waals surface area contributed by atoms with Gasteiger partial charge < -0.3 is 15.9 Å². The Hall–Kier alpha value is -1.92. The highest BCUT2D eigenvalue weighted by molar-refractivity contribution is 5.93. The van der Waals surface area contributed by atoms with Crippen molar-refractivity contribution in [2.24, 2.45) is 0 Å². The van der Waals surface area contributed by atoms with E-state index in [1.807, 2.05) is 0 Å². The van der Waals surface area contributed by atoms with Crippen LogP contribution in [0.3, 0.4) is 0 Å². The molecule has 4 N–H and O–H groups in total. The zero-order chi connectivity index (χ0) is 11.8. The summed E-state index contributed by atoms with van der Waals surface area (Å²) < 4.78 is 36.6. The summed E-state index contributed by atoms with van der Waals surface area (Å²) in [6, 6.07) is 0.801. The van der Waals surface area contributed by atoms with Crippen LogP contribution >= 0.6 is 0 Å². The van der Waals surface area contributed by atoms with E-state index in [0.29, 0.717) is 12.1 Å². The van der Waals surface area contributed by atoms with Gasteiger partial charge in [-0.15, -0.1) is 0 Å². The van der Waals surface area contributed by atoms with Crippen LogP contribution in [0.15, 0.2) is 12.1 Å². The summed E-state index contributed by atoms with van der Waals surface area (Å²) in [5.74, 6) is -2.54. The van der Waals surface area contributed by atoms with E-state index in [0.717, 1.165) is 0 Å². The molecule has 0 saturated heterocycles. The fourth-order valence-electron chi connectivity index (χ4n) is 0.984. The van der Waals surface area contributed by atoms with Crippen LogP contribution in [-0.4, -0.2) is 16.2 Å². The summed E-state index contributed by atoms with van der Waals surface area (Å²) in [6.07, 6.45) is -4.70. The van der Waals surface area contributed by atoms with Gasteiger partial charge in [0, 0.05) is 0 Å². The summed E-state index contributed by atoms with van der Waals surface area (Å²) in [4.78, 5) is 10.5. The van der Waals surface area contributed by atoms with E-state index in [1.54, 1.807) is 0 Å². The Morgan fingerprint density at radius 1 is 1.33 bits per heavy atom. The molecule has 0 aliphatic heterocycles. The number of alkyl halides is 3. The molecule has 15 heavy (non-hydrogen) atoms. The molecule has 1 aromatic carbocycles. The average molecular weight is 221 g/mol. The van der Waals surface area contributed by atoms with Crippen molar-refractivity contribution >= 4 is 11.7 Å². The number of hydrogen-bond donors (Lipinski definition) is 3. The Labute approximate surface area is 81.7 Å². The molecular weight excluding hydrogens is 215 g/mol. The molecule has 7 heteroatoms. The van der Waals surface area contributed by atoms with Crippen molar-refractivity contribution in [2.45, 2.75) is 6.18 Å². The van der Waals surface area contributed by atoms with Crippen LogP contribution in [0, 0.1) is 0 Å². The van der Waals surface area contributed by atoms with Crippen molar-refractivity contribution in [1.29, 1.82) is 0 Å². The Morgan fingerprint density at radius 2 is 1.87 bits per heavy atom. The van der Waals surface area contributed by atoms with E-state index in [1.165, 1.54) is 0 Å². The van der Waals surface area contributed by atoms with Crippen LogP contribution in [0.4, 0.5) is 18.9 Å². The van der Waals surface area contributed by atoms with E-state index in [9.17, 15) is 18.0 Å². The first-order valence-electron chi connectivity index (χ1n) is 3.66. The number of nitrogens with two attached hydrogens (primary N) is 1. The maximum absolute atomic E-state index is 12.2. The standard InChI is InChI=1S/C8H6F3NO3/c9-8(10,11)3-1-4(7(14)15)6(13)5(12)2-3/h1-2,13H,12H2,(H,14,15). The lowest BCUT2D eigenvalue weighted by atomic mass is 10.1. The summed E-state index contributed by atoms with van der Waals surface area (Å²) in [5, 5.41) is 17.6. The van der Waals surface area contributed by atoms with Gasteiger partial charge in [0.05, 0.1) is 11.3 Å². The molecule has 0 atom stereocenters. The van der Waals surface area contributed by atoms with Crippen LogP contribution < -0.4 is 5.73 Å². The maximum Gasteiger partial charge on any atom is 0.416 e. The molecule has 0 heterocycles. The molecule has 4 nitrogen and oxygen atoms in total. The molecular formula is C8H6F3NO3. The summed E-state index contributed by atoms with van der Waals surface area (Å²) in [6.45, 7) is 0. The van der Waals surface area contributed by atoms with Gasteiger partial charge in [0.25, 0.3) is 0 Å². The Bertz CT molecular complexity index is 414. The molecule has 0 unspecified atom stereocenters. The molecule has 0 bridgehead atoms. The molecule has 0 aliphatic rings. The fourth-order valence-corrected chi connectivity index (χ4v) is 0.984. The smallest absolute Gasteiger partial charge is 0.416 e. The van der Waals surface area contributed by atoms with Crippen molar-refractivity contribution in [2.75, 3.05) is 5.73 Å². The minimum absolute atomic E-state index is 0.327. The second-order valence-corrected chi connectivity index (χ2v) is 2.76. The number of rotatable bonds is 1. The third-order valence-corrected chi connectivity index (χ3v) is 1.70. The summed E-state index contributed by atoms with van der Waals surface area (Å²) in [5.41, 5.74) is 2.33. The summed E-state index contributed by atoms with van der Waals surface area (Å²) in [7, 11) is 0. The molecule has 0 amide bonds. The number of carboxylic acids is 1. The topological polar surface area (TPSA) is 83.6 Å². The minimum atomic E-state index is -4.70. The van der Waals surface area contributed by atoms with Gasteiger partial charge in [0.15, 0.2) is 5.75 Å². The number of anilines is 1. The van der Waals surface area contributed by atoms with Gasteiger partial charge in [-0.25, -0.2) is 4.79 Å². The number of aromatic carboxylic acids is 1. The van der Waals surface area contributed by atoms with Crippen molar-refractivity contribution in [3.05, 3.63) is 23.3 Å². The molecule has 1 rings (SSSR count). The largest absolute Gasteiger partial charge is 0.505 e. The number of benzene rings is 1. The molecule has 1 aromatic rings. The molecule has 0 spiro atoms. The van der Waals surface area contributed by atoms with E-state index in [4.69, 9.17) is 15.9 Å². The first-order chi connectivity index (χ1) is 6.73. The van der Waals surface area contributed by atoms with E-state index >= 15 is 0 Å². The van der Waals surface area contributed by atoms with Crippen LogP contribution in [0.25, 0.3) is 0 Å². The van der Waals surface area contributed by atoms with E-state index in [-0.39, 0.29) is 0 Å². The Morgan fingerprint density at radius 3 is 2.27 bits per heavy atom. The lowest BCUT2D eigenvalue weighted by molar-refractivity contribution is -0.137. The Balaban J connectivity index is 3.43. The minimum Gasteiger partial charge on any atom is -0.505 e. The number of aromatic hydroxyl groups is 1. The summed E-state index contributed by atoms with van der Waals surface area (Å²) >= 11 is 0. The van der Waals surface area contributed by atoms with Gasteiger partial charge in [-0.05, 0) is 12.1 Å². The van der Waals surface area contributed by atoms with Crippen molar-refractivity contribution in [3.8, 4) is 5.75 Å². The van der Waals surface area contributed by atoms with E-state index in [2.05, 4.69) is 0 Å². The van der Waals surface area contributed by atoms with Crippen molar-refractivity contribution in [1.82, 2.24) is 0 Å². The SMILES string of the molecule is Nc1cc(C(F)(F)F)cc(C(=O)O)c1O. The predicted octanol–water partition coefficient (Wildman–Crippen LogP) is 1.69. The number of hydrogen-bond acceptors (Lipinski definition) is 3. The zero-order valence-electron chi connectivity index (χ0n) is 7.17. The highest BCUT2D eigenvalue weighted by Gasteiger charge is 2.32. The lowest BCUT2D eigenvalue weighted by Crippen LogP contribution is -2.09. The van der Waals surface area contributed by atoms with Gasteiger partial charge in [0.2, 0.25) is 0 Å². The first kappa shape index (κ1) is 11.2. The fraction of sp³-hybridized carbons (Fsp3) is 0.125. The average Bonchev–Trinajstić information content (AvgIpc) is 2.06. The van der Waals surface area contributed by atoms with Crippen LogP contribution in [0.5, 0.6) is 5.75 Å². The zero-order valence-corrected chi connectivity index (χ0v) is 7.17. The maximum atomic E-state index is 12.2. The number of halogens is 3. The van der Waals surface area contributed by atoms with Gasteiger partial charge in [-0.1, -0.05) is 0 Å². The highest BCUT2D eigenvalue weighted by Crippen LogP contribution is 2.35. The highest BCUT2D eigenvalue weighted by atomic mass is 19.4. The van der Waals surface area contributed by atoms with Crippen LogP contribution in [0.1, 0.15) is 15.9 Å². The molecule has 82 valence electrons. The molecule has 0 aromatic heterocycles. The predicted molar refractivity (Wildman–Crippen MR) is 44.5 cm³/mol. The van der Waals surface area contributed by atoms with Crippen LogP contribution in [0.2, 0.25) is 0 Å². The Kier molecular flexibility index (Phi) is 2.48. The number of nitrogen functional groups attached to an aromatic ring is 1. The lowest BCUT2D eigenvalue weighted by Gasteiger charge is -2.10. The van der Waals surface area contributed by atoms with E-state index < -0.39 is 34.7 Å². The molecule has 0 aliphatic carbocycles. The molecule has 0 saturated carbocycles. The third-order valence-electron chi connectivity index (χ3n) is 1.70. The quantitative estimate of drug-likeness (QED) is 0.497.